The summed E-state index contributed by atoms with van der Waals surface area (Å²) in [7, 11) is 0. The lowest BCUT2D eigenvalue weighted by Crippen LogP contribution is -2.29. The van der Waals surface area contributed by atoms with E-state index in [1.54, 1.807) is 0 Å². The highest BCUT2D eigenvalue weighted by molar-refractivity contribution is 5.95. The molecule has 0 saturated carbocycles. The maximum absolute atomic E-state index is 11.4. The van der Waals surface area contributed by atoms with Crippen molar-refractivity contribution < 1.29 is 9.53 Å². The molecule has 1 fully saturated rings. The minimum Gasteiger partial charge on any atom is -0.482 e. The first-order valence-corrected chi connectivity index (χ1v) is 8.88. The molecule has 2 aliphatic rings. The Morgan fingerprint density at radius 1 is 1.08 bits per heavy atom. The molecule has 5 heteroatoms. The van der Waals surface area contributed by atoms with E-state index in [2.05, 4.69) is 40.7 Å². The zero-order chi connectivity index (χ0) is 17.2. The number of hydrogen-bond acceptors (Lipinski definition) is 4. The summed E-state index contributed by atoms with van der Waals surface area (Å²) >= 11 is 0. The summed E-state index contributed by atoms with van der Waals surface area (Å²) in [5.74, 6) is 0.588. The summed E-state index contributed by atoms with van der Waals surface area (Å²) in [4.78, 5) is 13.8. The van der Waals surface area contributed by atoms with Crippen LogP contribution in [0.2, 0.25) is 0 Å². The number of benzene rings is 2. The largest absolute Gasteiger partial charge is 0.482 e. The molecular weight excluding hydrogens is 314 g/mol. The molecule has 0 aliphatic carbocycles. The monoisotopic (exact) mass is 337 g/mol. The highest BCUT2D eigenvalue weighted by Gasteiger charge is 2.16. The Kier molecular flexibility index (Phi) is 4.22. The van der Waals surface area contributed by atoms with Gasteiger partial charge in [0.05, 0.1) is 5.69 Å². The number of amides is 1. The first kappa shape index (κ1) is 15.8. The Bertz CT molecular complexity index is 798. The Balaban J connectivity index is 1.52. The Hall–Kier alpha value is -2.69. The van der Waals surface area contributed by atoms with Crippen molar-refractivity contribution >= 4 is 28.7 Å². The van der Waals surface area contributed by atoms with Crippen LogP contribution in [-0.4, -0.2) is 25.6 Å². The van der Waals surface area contributed by atoms with Crippen molar-refractivity contribution in [3.63, 3.8) is 0 Å². The van der Waals surface area contributed by atoms with E-state index in [0.717, 1.165) is 30.2 Å². The maximum Gasteiger partial charge on any atom is 0.262 e. The Morgan fingerprint density at radius 3 is 2.72 bits per heavy atom. The molecule has 0 unspecified atom stereocenters. The summed E-state index contributed by atoms with van der Waals surface area (Å²) in [6.45, 7) is 4.51. The average molecular weight is 337 g/mol. The number of carbonyl (C=O) groups is 1. The molecule has 4 rings (SSSR count). The van der Waals surface area contributed by atoms with E-state index in [1.807, 2.05) is 18.2 Å². The third-order valence-corrected chi connectivity index (χ3v) is 4.82. The fraction of sp³-hybridized carbons (Fsp3) is 0.350. The van der Waals surface area contributed by atoms with E-state index in [-0.39, 0.29) is 12.5 Å². The minimum absolute atomic E-state index is 0.0695. The second-order valence-electron chi connectivity index (χ2n) is 6.72. The van der Waals surface area contributed by atoms with Gasteiger partial charge in [-0.3, -0.25) is 4.79 Å². The van der Waals surface area contributed by atoms with Gasteiger partial charge in [-0.05, 0) is 62.1 Å². The summed E-state index contributed by atoms with van der Waals surface area (Å²) in [6.07, 6.45) is 3.91. The van der Waals surface area contributed by atoms with Crippen LogP contribution in [0.15, 0.2) is 36.4 Å². The van der Waals surface area contributed by atoms with Crippen molar-refractivity contribution in [2.45, 2.75) is 26.2 Å². The molecule has 0 aromatic heterocycles. The number of anilines is 4. The molecular formula is C20H23N3O2. The van der Waals surface area contributed by atoms with Gasteiger partial charge < -0.3 is 20.3 Å². The van der Waals surface area contributed by atoms with Gasteiger partial charge in [-0.1, -0.05) is 0 Å². The molecule has 1 amide bonds. The van der Waals surface area contributed by atoms with Crippen LogP contribution in [-0.2, 0) is 4.79 Å². The predicted octanol–water partition coefficient (Wildman–Crippen LogP) is 4.06. The molecule has 2 aromatic carbocycles. The molecule has 5 nitrogen and oxygen atoms in total. The lowest BCUT2D eigenvalue weighted by molar-refractivity contribution is -0.118. The van der Waals surface area contributed by atoms with Crippen molar-refractivity contribution in [3.8, 4) is 5.75 Å². The summed E-state index contributed by atoms with van der Waals surface area (Å²) in [6, 6.07) is 12.3. The molecule has 130 valence electrons. The van der Waals surface area contributed by atoms with Crippen LogP contribution < -0.4 is 20.3 Å². The fourth-order valence-corrected chi connectivity index (χ4v) is 3.44. The van der Waals surface area contributed by atoms with Gasteiger partial charge in [0.25, 0.3) is 5.91 Å². The predicted molar refractivity (Wildman–Crippen MR) is 101 cm³/mol. The number of piperidine rings is 1. The number of carbonyl (C=O) groups excluding carboxylic acids is 1. The number of aryl methyl sites for hydroxylation is 1. The number of fused-ring (bicyclic) bond motifs is 1. The number of nitrogens with zero attached hydrogens (tertiary/aromatic N) is 1. The van der Waals surface area contributed by atoms with E-state index in [9.17, 15) is 4.79 Å². The molecule has 1 saturated heterocycles. The van der Waals surface area contributed by atoms with Crippen LogP contribution in [0.3, 0.4) is 0 Å². The Morgan fingerprint density at radius 2 is 1.92 bits per heavy atom. The van der Waals surface area contributed by atoms with E-state index >= 15 is 0 Å². The standard InChI is InChI=1S/C20H23N3O2/c1-14-11-16(23-9-3-2-4-10-23)6-8-17(14)21-15-5-7-18-19(12-15)25-13-20(24)22-18/h5-8,11-12,21H,2-4,9-10,13H2,1H3,(H,22,24). The summed E-state index contributed by atoms with van der Waals surface area (Å²) in [5, 5.41) is 6.26. The van der Waals surface area contributed by atoms with Gasteiger partial charge in [-0.15, -0.1) is 0 Å². The zero-order valence-electron chi connectivity index (χ0n) is 14.5. The van der Waals surface area contributed by atoms with Crippen LogP contribution in [0.5, 0.6) is 5.75 Å². The number of ether oxygens (including phenoxy) is 1. The first-order chi connectivity index (χ1) is 12.2. The van der Waals surface area contributed by atoms with Crippen molar-refractivity contribution in [3.05, 3.63) is 42.0 Å². The van der Waals surface area contributed by atoms with E-state index in [0.29, 0.717) is 5.75 Å². The second kappa shape index (κ2) is 6.67. The van der Waals surface area contributed by atoms with Gasteiger partial charge in [0.1, 0.15) is 5.75 Å². The molecule has 0 radical (unpaired) electrons. The van der Waals surface area contributed by atoms with Crippen LogP contribution in [0.4, 0.5) is 22.7 Å². The summed E-state index contributed by atoms with van der Waals surface area (Å²) < 4.78 is 5.48. The van der Waals surface area contributed by atoms with Gasteiger partial charge in [0.2, 0.25) is 0 Å². The van der Waals surface area contributed by atoms with E-state index in [1.165, 1.54) is 30.5 Å². The Labute approximate surface area is 148 Å². The zero-order valence-corrected chi connectivity index (χ0v) is 14.5. The molecule has 2 N–H and O–H groups in total. The number of hydrogen-bond donors (Lipinski definition) is 2. The van der Waals surface area contributed by atoms with Crippen LogP contribution in [0, 0.1) is 6.92 Å². The molecule has 0 atom stereocenters. The highest BCUT2D eigenvalue weighted by atomic mass is 16.5. The topological polar surface area (TPSA) is 53.6 Å². The van der Waals surface area contributed by atoms with Crippen molar-refractivity contribution in [2.24, 2.45) is 0 Å². The van der Waals surface area contributed by atoms with Crippen LogP contribution in [0.25, 0.3) is 0 Å². The molecule has 0 spiro atoms. The van der Waals surface area contributed by atoms with Gasteiger partial charge in [0, 0.05) is 36.2 Å². The van der Waals surface area contributed by atoms with E-state index < -0.39 is 0 Å². The minimum atomic E-state index is -0.114. The SMILES string of the molecule is Cc1cc(N2CCCCC2)ccc1Nc1ccc2c(c1)OCC(=O)N2. The second-order valence-corrected chi connectivity index (χ2v) is 6.72. The quantitative estimate of drug-likeness (QED) is 0.887. The lowest BCUT2D eigenvalue weighted by atomic mass is 10.1. The van der Waals surface area contributed by atoms with Gasteiger partial charge in [-0.25, -0.2) is 0 Å². The van der Waals surface area contributed by atoms with Gasteiger partial charge in [-0.2, -0.15) is 0 Å². The van der Waals surface area contributed by atoms with Crippen molar-refractivity contribution in [1.82, 2.24) is 0 Å². The third-order valence-electron chi connectivity index (χ3n) is 4.82. The fourth-order valence-electron chi connectivity index (χ4n) is 3.44. The summed E-state index contributed by atoms with van der Waals surface area (Å²) in [5.41, 5.74) is 5.28. The normalized spacial score (nSPS) is 16.7. The maximum atomic E-state index is 11.4. The van der Waals surface area contributed by atoms with E-state index in [4.69, 9.17) is 4.74 Å². The molecule has 0 bridgehead atoms. The highest BCUT2D eigenvalue weighted by Crippen LogP contribution is 2.33. The number of rotatable bonds is 3. The molecule has 25 heavy (non-hydrogen) atoms. The lowest BCUT2D eigenvalue weighted by Gasteiger charge is -2.29. The first-order valence-electron chi connectivity index (χ1n) is 8.88. The smallest absolute Gasteiger partial charge is 0.262 e. The van der Waals surface area contributed by atoms with Gasteiger partial charge in [0.15, 0.2) is 6.61 Å². The third kappa shape index (κ3) is 3.40. The van der Waals surface area contributed by atoms with Gasteiger partial charge >= 0.3 is 0 Å². The van der Waals surface area contributed by atoms with Crippen molar-refractivity contribution in [2.75, 3.05) is 35.2 Å². The van der Waals surface area contributed by atoms with Crippen LogP contribution in [0.1, 0.15) is 24.8 Å². The van der Waals surface area contributed by atoms with Crippen molar-refractivity contribution in [1.29, 1.82) is 0 Å². The van der Waals surface area contributed by atoms with Crippen LogP contribution >= 0.6 is 0 Å². The average Bonchev–Trinajstić information content (AvgIpc) is 2.64. The molecule has 2 aromatic rings. The molecule has 2 heterocycles. The number of nitrogens with one attached hydrogen (secondary N) is 2. The molecule has 2 aliphatic heterocycles.